The number of allylic oxidation sites excluding steroid dienone is 1. The van der Waals surface area contributed by atoms with Crippen LogP contribution >= 0.6 is 0 Å². The lowest BCUT2D eigenvalue weighted by atomic mass is 9.55. The second-order valence-electron chi connectivity index (χ2n) is 7.10. The van der Waals surface area contributed by atoms with Crippen molar-refractivity contribution in [3.8, 4) is 11.5 Å². The van der Waals surface area contributed by atoms with E-state index >= 15 is 0 Å². The molecule has 1 aliphatic rings. The van der Waals surface area contributed by atoms with Gasteiger partial charge in [0, 0.05) is 17.4 Å². The molecule has 2 unspecified atom stereocenters. The highest BCUT2D eigenvalue weighted by atomic mass is 16.5. The Hall–Kier alpha value is -1.81. The molecule has 1 aromatic rings. The zero-order chi connectivity index (χ0) is 18.1. The van der Waals surface area contributed by atoms with Crippen LogP contribution in [0.15, 0.2) is 24.3 Å². The van der Waals surface area contributed by atoms with Crippen LogP contribution in [0.3, 0.4) is 0 Å². The molecule has 0 aromatic heterocycles. The predicted molar refractivity (Wildman–Crippen MR) is 94.5 cm³/mol. The zero-order valence-electron chi connectivity index (χ0n) is 15.2. The molecule has 1 aromatic carbocycles. The van der Waals surface area contributed by atoms with Gasteiger partial charge in [-0.2, -0.15) is 0 Å². The Morgan fingerprint density at radius 2 is 2.00 bits per heavy atom. The lowest BCUT2D eigenvalue weighted by Gasteiger charge is -2.51. The van der Waals surface area contributed by atoms with Crippen molar-refractivity contribution in [3.63, 3.8) is 0 Å². The van der Waals surface area contributed by atoms with E-state index in [0.29, 0.717) is 17.7 Å². The Balaban J connectivity index is 2.85. The molecule has 2 rings (SSSR count). The van der Waals surface area contributed by atoms with Gasteiger partial charge in [0.15, 0.2) is 17.3 Å². The van der Waals surface area contributed by atoms with Crippen molar-refractivity contribution < 1.29 is 19.7 Å². The lowest BCUT2D eigenvalue weighted by molar-refractivity contribution is -0.123. The number of benzene rings is 1. The van der Waals surface area contributed by atoms with Gasteiger partial charge in [-0.15, -0.1) is 0 Å². The van der Waals surface area contributed by atoms with Gasteiger partial charge in [-0.3, -0.25) is 4.79 Å². The molecule has 0 radical (unpaired) electrons. The van der Waals surface area contributed by atoms with Crippen LogP contribution in [-0.2, 0) is 10.2 Å². The van der Waals surface area contributed by atoms with E-state index in [0.717, 1.165) is 12.0 Å². The summed E-state index contributed by atoms with van der Waals surface area (Å²) in [5.41, 5.74) is -0.614. The number of hydrogen-bond donors (Lipinski definition) is 2. The number of aromatic hydroxyl groups is 1. The highest BCUT2D eigenvalue weighted by Gasteiger charge is 2.55. The summed E-state index contributed by atoms with van der Waals surface area (Å²) in [6, 6.07) is 3.58. The number of aryl methyl sites for hydroxylation is 1. The average molecular weight is 332 g/mol. The van der Waals surface area contributed by atoms with Crippen LogP contribution in [0.1, 0.15) is 51.2 Å². The van der Waals surface area contributed by atoms with Crippen LogP contribution in [0, 0.1) is 12.8 Å². The Morgan fingerprint density at radius 3 is 2.54 bits per heavy atom. The maximum absolute atomic E-state index is 12.3. The Labute approximate surface area is 144 Å². The first-order chi connectivity index (χ1) is 11.2. The monoisotopic (exact) mass is 332 g/mol. The number of phenolic OH excluding ortho intramolecular Hbond substituents is 1. The van der Waals surface area contributed by atoms with E-state index in [1.807, 2.05) is 33.8 Å². The summed E-state index contributed by atoms with van der Waals surface area (Å²) < 4.78 is 5.28. The minimum Gasteiger partial charge on any atom is -0.504 e. The first-order valence-electron chi connectivity index (χ1n) is 8.55. The number of carbonyl (C=O) groups excluding carboxylic acids is 1. The molecule has 0 amide bonds. The minimum absolute atomic E-state index is 0.0214. The number of ether oxygens (including phenoxy) is 1. The quantitative estimate of drug-likeness (QED) is 0.863. The largest absolute Gasteiger partial charge is 0.504 e. The summed E-state index contributed by atoms with van der Waals surface area (Å²) in [4.78, 5) is 12.3. The van der Waals surface area contributed by atoms with Gasteiger partial charge in [0.05, 0.1) is 12.7 Å². The van der Waals surface area contributed by atoms with Gasteiger partial charge in [-0.25, -0.2) is 0 Å². The SMILES string of the molecule is CCCC1(c2c(C)ccc(OC)c2O)CC(=O)C=CC1(O)C(C)C. The van der Waals surface area contributed by atoms with Crippen LogP contribution in [-0.4, -0.2) is 28.7 Å². The normalized spacial score (nSPS) is 26.9. The van der Waals surface area contributed by atoms with Crippen LogP contribution < -0.4 is 4.74 Å². The van der Waals surface area contributed by atoms with Gasteiger partial charge >= 0.3 is 0 Å². The Bertz CT molecular complexity index is 662. The van der Waals surface area contributed by atoms with Crippen molar-refractivity contribution >= 4 is 5.78 Å². The van der Waals surface area contributed by atoms with Crippen molar-refractivity contribution in [1.29, 1.82) is 0 Å². The van der Waals surface area contributed by atoms with Gasteiger partial charge in [0.2, 0.25) is 0 Å². The molecule has 0 heterocycles. The summed E-state index contributed by atoms with van der Waals surface area (Å²) in [5.74, 6) is 0.237. The second kappa shape index (κ2) is 6.60. The average Bonchev–Trinajstić information content (AvgIpc) is 2.51. The fraction of sp³-hybridized carbons (Fsp3) is 0.550. The molecule has 0 fully saturated rings. The standard InChI is InChI=1S/C20H28O4/c1-6-10-19(12-15(21)9-11-20(19,23)13(2)3)17-14(4)7-8-16(24-5)18(17)22/h7-9,11,13,22-23H,6,10,12H2,1-5H3. The molecular weight excluding hydrogens is 304 g/mol. The second-order valence-corrected chi connectivity index (χ2v) is 7.10. The van der Waals surface area contributed by atoms with E-state index in [2.05, 4.69) is 0 Å². The van der Waals surface area contributed by atoms with Crippen molar-refractivity contribution in [3.05, 3.63) is 35.4 Å². The molecule has 0 aliphatic heterocycles. The molecule has 132 valence electrons. The number of methoxy groups -OCH3 is 1. The molecule has 24 heavy (non-hydrogen) atoms. The number of hydrogen-bond acceptors (Lipinski definition) is 4. The maximum atomic E-state index is 12.3. The van der Waals surface area contributed by atoms with Crippen LogP contribution in [0.25, 0.3) is 0 Å². The number of rotatable bonds is 5. The molecule has 0 saturated heterocycles. The van der Waals surface area contributed by atoms with Crippen molar-refractivity contribution in [1.82, 2.24) is 0 Å². The van der Waals surface area contributed by atoms with E-state index in [1.54, 1.807) is 12.1 Å². The minimum atomic E-state index is -1.22. The fourth-order valence-electron chi connectivity index (χ4n) is 4.19. The third-order valence-electron chi connectivity index (χ3n) is 5.37. The molecule has 1 aliphatic carbocycles. The van der Waals surface area contributed by atoms with Crippen molar-refractivity contribution in [2.45, 2.75) is 58.0 Å². The number of ketones is 1. The van der Waals surface area contributed by atoms with Crippen molar-refractivity contribution in [2.24, 2.45) is 5.92 Å². The molecule has 2 N–H and O–H groups in total. The highest BCUT2D eigenvalue weighted by molar-refractivity contribution is 5.93. The van der Waals surface area contributed by atoms with E-state index in [-0.39, 0.29) is 23.9 Å². The van der Waals surface area contributed by atoms with E-state index in [4.69, 9.17) is 4.74 Å². The topological polar surface area (TPSA) is 66.8 Å². The summed E-state index contributed by atoms with van der Waals surface area (Å²) in [6.07, 6.45) is 4.65. The van der Waals surface area contributed by atoms with Gasteiger partial charge in [0.1, 0.15) is 0 Å². The van der Waals surface area contributed by atoms with Gasteiger partial charge < -0.3 is 14.9 Å². The molecular formula is C20H28O4. The molecule has 4 nitrogen and oxygen atoms in total. The lowest BCUT2D eigenvalue weighted by Crippen LogP contribution is -2.57. The van der Waals surface area contributed by atoms with Crippen molar-refractivity contribution in [2.75, 3.05) is 7.11 Å². The predicted octanol–water partition coefficient (Wildman–Crippen LogP) is 3.66. The molecule has 0 saturated carbocycles. The smallest absolute Gasteiger partial charge is 0.161 e. The van der Waals surface area contributed by atoms with Crippen LogP contribution in [0.2, 0.25) is 0 Å². The number of aliphatic hydroxyl groups is 1. The number of carbonyl (C=O) groups is 1. The molecule has 4 heteroatoms. The molecule has 0 spiro atoms. The first kappa shape index (κ1) is 18.5. The van der Waals surface area contributed by atoms with Crippen LogP contribution in [0.4, 0.5) is 0 Å². The van der Waals surface area contributed by atoms with E-state index < -0.39 is 11.0 Å². The third-order valence-corrected chi connectivity index (χ3v) is 5.37. The Morgan fingerprint density at radius 1 is 1.33 bits per heavy atom. The van der Waals surface area contributed by atoms with Gasteiger partial charge in [-0.1, -0.05) is 33.3 Å². The van der Waals surface area contributed by atoms with Crippen LogP contribution in [0.5, 0.6) is 11.5 Å². The number of phenols is 1. The van der Waals surface area contributed by atoms with E-state index in [1.165, 1.54) is 13.2 Å². The van der Waals surface area contributed by atoms with E-state index in [9.17, 15) is 15.0 Å². The van der Waals surface area contributed by atoms with Gasteiger partial charge in [-0.05, 0) is 43.0 Å². The molecule has 2 atom stereocenters. The maximum Gasteiger partial charge on any atom is 0.161 e. The van der Waals surface area contributed by atoms with Gasteiger partial charge in [0.25, 0.3) is 0 Å². The Kier molecular flexibility index (Phi) is 5.09. The summed E-state index contributed by atoms with van der Waals surface area (Å²) in [7, 11) is 1.50. The first-order valence-corrected chi connectivity index (χ1v) is 8.55. The fourth-order valence-corrected chi connectivity index (χ4v) is 4.19. The highest BCUT2D eigenvalue weighted by Crippen LogP contribution is 2.54. The zero-order valence-corrected chi connectivity index (χ0v) is 15.2. The summed E-state index contributed by atoms with van der Waals surface area (Å²) in [5, 5.41) is 22.4. The molecule has 0 bridgehead atoms. The summed E-state index contributed by atoms with van der Waals surface area (Å²) in [6.45, 7) is 7.81. The summed E-state index contributed by atoms with van der Waals surface area (Å²) >= 11 is 0. The third kappa shape index (κ3) is 2.63.